The third-order valence-corrected chi connectivity index (χ3v) is 2.55. The molecular formula is C12H17N5O. The minimum absolute atomic E-state index is 0.0576. The van der Waals surface area contributed by atoms with E-state index in [4.69, 9.17) is 10.3 Å². The van der Waals surface area contributed by atoms with Crippen molar-refractivity contribution in [1.29, 1.82) is 0 Å². The van der Waals surface area contributed by atoms with Gasteiger partial charge in [-0.2, -0.15) is 4.98 Å². The maximum Gasteiger partial charge on any atom is 0.240 e. The van der Waals surface area contributed by atoms with Crippen molar-refractivity contribution in [3.05, 3.63) is 23.8 Å². The highest BCUT2D eigenvalue weighted by atomic mass is 16.5. The Labute approximate surface area is 106 Å². The van der Waals surface area contributed by atoms with E-state index in [1.54, 1.807) is 12.4 Å². The van der Waals surface area contributed by atoms with Crippen molar-refractivity contribution in [2.24, 2.45) is 5.73 Å². The first-order chi connectivity index (χ1) is 8.69. The van der Waals surface area contributed by atoms with Crippen LogP contribution < -0.4 is 5.73 Å². The molecule has 0 radical (unpaired) electrons. The molecule has 0 aliphatic carbocycles. The molecule has 6 nitrogen and oxygen atoms in total. The average Bonchev–Trinajstić information content (AvgIpc) is 2.78. The highest BCUT2D eigenvalue weighted by Crippen LogP contribution is 2.11. The summed E-state index contributed by atoms with van der Waals surface area (Å²) in [4.78, 5) is 12.5. The summed E-state index contributed by atoms with van der Waals surface area (Å²) in [6.45, 7) is 4.02. The molecule has 2 heterocycles. The van der Waals surface area contributed by atoms with Gasteiger partial charge in [0.15, 0.2) is 0 Å². The summed E-state index contributed by atoms with van der Waals surface area (Å²) in [7, 11) is 0. The van der Waals surface area contributed by atoms with Gasteiger partial charge in [-0.05, 0) is 18.9 Å². The lowest BCUT2D eigenvalue weighted by Crippen LogP contribution is -2.22. The number of hydrogen-bond acceptors (Lipinski definition) is 6. The number of aromatic nitrogens is 4. The van der Waals surface area contributed by atoms with E-state index >= 15 is 0 Å². The van der Waals surface area contributed by atoms with E-state index in [0.29, 0.717) is 24.0 Å². The molecule has 2 aromatic heterocycles. The molecule has 0 saturated heterocycles. The van der Waals surface area contributed by atoms with Crippen LogP contribution in [0.3, 0.4) is 0 Å². The summed E-state index contributed by atoms with van der Waals surface area (Å²) in [6.07, 6.45) is 6.02. The molecule has 2 rings (SSSR count). The monoisotopic (exact) mass is 247 g/mol. The highest BCUT2D eigenvalue weighted by Gasteiger charge is 2.13. The maximum atomic E-state index is 5.93. The van der Waals surface area contributed by atoms with Crippen LogP contribution in [0.1, 0.15) is 31.2 Å². The zero-order valence-electron chi connectivity index (χ0n) is 10.6. The Hall–Kier alpha value is -1.82. The molecule has 6 heteroatoms. The minimum Gasteiger partial charge on any atom is -0.339 e. The van der Waals surface area contributed by atoms with Crippen LogP contribution in [0.25, 0.3) is 11.6 Å². The molecular weight excluding hydrogens is 230 g/mol. The zero-order valence-corrected chi connectivity index (χ0v) is 10.6. The fourth-order valence-electron chi connectivity index (χ4n) is 1.63. The van der Waals surface area contributed by atoms with E-state index in [1.807, 2.05) is 6.92 Å². The smallest absolute Gasteiger partial charge is 0.240 e. The second kappa shape index (κ2) is 5.68. The average molecular weight is 247 g/mol. The molecule has 1 unspecified atom stereocenters. The van der Waals surface area contributed by atoms with E-state index < -0.39 is 0 Å². The van der Waals surface area contributed by atoms with Gasteiger partial charge < -0.3 is 10.3 Å². The highest BCUT2D eigenvalue weighted by molar-refractivity contribution is 5.40. The third kappa shape index (κ3) is 3.10. The Morgan fingerprint density at radius 3 is 2.67 bits per heavy atom. The molecule has 2 aromatic rings. The second-order valence-electron chi connectivity index (χ2n) is 4.35. The van der Waals surface area contributed by atoms with E-state index in [-0.39, 0.29) is 6.04 Å². The predicted octanol–water partition coefficient (Wildman–Crippen LogP) is 1.50. The van der Waals surface area contributed by atoms with Crippen LogP contribution in [0.15, 0.2) is 16.9 Å². The Kier molecular flexibility index (Phi) is 3.99. The number of hydrogen-bond donors (Lipinski definition) is 1. The molecule has 0 amide bonds. The van der Waals surface area contributed by atoms with Crippen LogP contribution in [-0.4, -0.2) is 26.2 Å². The van der Waals surface area contributed by atoms with Crippen molar-refractivity contribution < 1.29 is 4.52 Å². The van der Waals surface area contributed by atoms with Gasteiger partial charge in [-0.1, -0.05) is 18.5 Å². The number of rotatable bonds is 5. The Bertz CT molecular complexity index is 493. The first kappa shape index (κ1) is 12.6. The lowest BCUT2D eigenvalue weighted by Gasteiger charge is -2.05. The van der Waals surface area contributed by atoms with E-state index in [2.05, 4.69) is 27.0 Å². The number of nitrogens with two attached hydrogens (primary N) is 1. The summed E-state index contributed by atoms with van der Waals surface area (Å²) in [6, 6.07) is 0.0576. The van der Waals surface area contributed by atoms with Crippen molar-refractivity contribution in [3.63, 3.8) is 0 Å². The molecule has 1 atom stereocenters. The molecule has 0 saturated carbocycles. The van der Waals surface area contributed by atoms with Crippen molar-refractivity contribution in [2.75, 3.05) is 0 Å². The SMILES string of the molecule is CCCC(N)Cc1nc(-c2ncc(C)cn2)no1. The predicted molar refractivity (Wildman–Crippen MR) is 66.6 cm³/mol. The molecule has 0 aliphatic heterocycles. The summed E-state index contributed by atoms with van der Waals surface area (Å²) >= 11 is 0. The minimum atomic E-state index is 0.0576. The van der Waals surface area contributed by atoms with Gasteiger partial charge in [0, 0.05) is 24.9 Å². The van der Waals surface area contributed by atoms with E-state index in [0.717, 1.165) is 18.4 Å². The topological polar surface area (TPSA) is 90.7 Å². The second-order valence-corrected chi connectivity index (χ2v) is 4.35. The third-order valence-electron chi connectivity index (χ3n) is 2.55. The van der Waals surface area contributed by atoms with Gasteiger partial charge >= 0.3 is 0 Å². The molecule has 0 spiro atoms. The van der Waals surface area contributed by atoms with Crippen LogP contribution in [0, 0.1) is 6.92 Å². The standard InChI is InChI=1S/C12H17N5O/c1-3-4-9(13)5-10-16-12(17-18-10)11-14-6-8(2)7-15-11/h6-7,9H,3-5,13H2,1-2H3. The van der Waals surface area contributed by atoms with Gasteiger partial charge in [0.05, 0.1) is 0 Å². The van der Waals surface area contributed by atoms with E-state index in [1.165, 1.54) is 0 Å². The molecule has 0 bridgehead atoms. The largest absolute Gasteiger partial charge is 0.339 e. The fourth-order valence-corrected chi connectivity index (χ4v) is 1.63. The fraction of sp³-hybridized carbons (Fsp3) is 0.500. The van der Waals surface area contributed by atoms with Gasteiger partial charge in [-0.25, -0.2) is 9.97 Å². The maximum absolute atomic E-state index is 5.93. The molecule has 0 aromatic carbocycles. The van der Waals surface area contributed by atoms with Crippen LogP contribution in [0.5, 0.6) is 0 Å². The normalized spacial score (nSPS) is 12.6. The van der Waals surface area contributed by atoms with Crippen LogP contribution in [0.2, 0.25) is 0 Å². The van der Waals surface area contributed by atoms with E-state index in [9.17, 15) is 0 Å². The Morgan fingerprint density at radius 2 is 2.00 bits per heavy atom. The van der Waals surface area contributed by atoms with Gasteiger partial charge in [0.25, 0.3) is 0 Å². The molecule has 0 aliphatic rings. The van der Waals surface area contributed by atoms with Gasteiger partial charge in [0.2, 0.25) is 17.5 Å². The summed E-state index contributed by atoms with van der Waals surface area (Å²) in [5.74, 6) is 1.42. The quantitative estimate of drug-likeness (QED) is 0.861. The molecule has 0 fully saturated rings. The first-order valence-corrected chi connectivity index (χ1v) is 6.06. The van der Waals surface area contributed by atoms with Crippen LogP contribution >= 0.6 is 0 Å². The van der Waals surface area contributed by atoms with Gasteiger partial charge in [-0.3, -0.25) is 0 Å². The summed E-state index contributed by atoms with van der Waals surface area (Å²) in [5, 5.41) is 3.86. The van der Waals surface area contributed by atoms with Crippen LogP contribution in [0.4, 0.5) is 0 Å². The number of nitrogens with zero attached hydrogens (tertiary/aromatic N) is 4. The zero-order chi connectivity index (χ0) is 13.0. The number of aryl methyl sites for hydroxylation is 1. The van der Waals surface area contributed by atoms with Crippen molar-refractivity contribution >= 4 is 0 Å². The van der Waals surface area contributed by atoms with Crippen molar-refractivity contribution in [1.82, 2.24) is 20.1 Å². The summed E-state index contributed by atoms with van der Waals surface area (Å²) < 4.78 is 5.15. The lowest BCUT2D eigenvalue weighted by atomic mass is 10.1. The Balaban J connectivity index is 2.08. The Morgan fingerprint density at radius 1 is 1.28 bits per heavy atom. The molecule has 18 heavy (non-hydrogen) atoms. The molecule has 2 N–H and O–H groups in total. The van der Waals surface area contributed by atoms with Crippen LogP contribution in [-0.2, 0) is 6.42 Å². The summed E-state index contributed by atoms with van der Waals surface area (Å²) in [5.41, 5.74) is 6.92. The van der Waals surface area contributed by atoms with Crippen molar-refractivity contribution in [2.45, 2.75) is 39.2 Å². The first-order valence-electron chi connectivity index (χ1n) is 6.06. The van der Waals surface area contributed by atoms with Gasteiger partial charge in [-0.15, -0.1) is 0 Å². The van der Waals surface area contributed by atoms with Gasteiger partial charge in [0.1, 0.15) is 0 Å². The lowest BCUT2D eigenvalue weighted by molar-refractivity contribution is 0.365. The van der Waals surface area contributed by atoms with Crippen molar-refractivity contribution in [3.8, 4) is 11.6 Å². The molecule has 96 valence electrons.